The maximum Gasteiger partial charge on any atom is 0.411 e. The van der Waals surface area contributed by atoms with Crippen LogP contribution in [0, 0.1) is 6.92 Å². The highest BCUT2D eigenvalue weighted by Gasteiger charge is 2.27. The molecule has 0 radical (unpaired) electrons. The summed E-state index contributed by atoms with van der Waals surface area (Å²) in [5.74, 6) is -0.322. The second-order valence-corrected chi connectivity index (χ2v) is 5.77. The maximum absolute atomic E-state index is 12.0. The first-order valence-corrected chi connectivity index (χ1v) is 7.12. The lowest BCUT2D eigenvalue weighted by Crippen LogP contribution is -2.16. The van der Waals surface area contributed by atoms with Gasteiger partial charge in [0.05, 0.1) is 6.61 Å². The van der Waals surface area contributed by atoms with Crippen LogP contribution in [0.3, 0.4) is 0 Å². The summed E-state index contributed by atoms with van der Waals surface area (Å²) in [4.78, 5) is 17.0. The van der Waals surface area contributed by atoms with E-state index in [2.05, 4.69) is 15.0 Å². The monoisotopic (exact) mass is 330 g/mol. The van der Waals surface area contributed by atoms with Gasteiger partial charge in [-0.15, -0.1) is 11.3 Å². The van der Waals surface area contributed by atoms with E-state index in [1.54, 1.807) is 18.3 Å². The smallest absolute Gasteiger partial charge is 0.367 e. The van der Waals surface area contributed by atoms with Crippen molar-refractivity contribution in [3.63, 3.8) is 0 Å². The first kappa shape index (κ1) is 16.4. The largest absolute Gasteiger partial charge is 0.411 e. The number of benzene rings is 1. The summed E-state index contributed by atoms with van der Waals surface area (Å²) in [5.41, 5.74) is 0.957. The molecule has 0 saturated carbocycles. The number of aromatic nitrogens is 1. The molecular formula is C14H13F3N2O2S. The van der Waals surface area contributed by atoms with E-state index in [0.717, 1.165) is 4.88 Å². The summed E-state index contributed by atoms with van der Waals surface area (Å²) in [6, 6.07) is 6.17. The summed E-state index contributed by atoms with van der Waals surface area (Å²) in [6.45, 7) is 0.425. The fourth-order valence-electron chi connectivity index (χ4n) is 1.62. The number of aryl methyl sites for hydroxylation is 1. The summed E-state index contributed by atoms with van der Waals surface area (Å²) < 4.78 is 40.4. The molecule has 0 atom stereocenters. The molecular weight excluding hydrogens is 317 g/mol. The van der Waals surface area contributed by atoms with Crippen LogP contribution in [-0.2, 0) is 11.3 Å². The molecule has 0 aliphatic rings. The molecule has 8 heteroatoms. The topological polar surface area (TPSA) is 51.2 Å². The Morgan fingerprint density at radius 1 is 1.32 bits per heavy atom. The van der Waals surface area contributed by atoms with Gasteiger partial charge in [-0.1, -0.05) is 12.1 Å². The molecule has 1 aromatic carbocycles. The Morgan fingerprint density at radius 3 is 2.55 bits per heavy atom. The zero-order valence-electron chi connectivity index (χ0n) is 11.6. The minimum absolute atomic E-state index is 0.160. The molecule has 118 valence electrons. The number of hydrogen-bond donors (Lipinski definition) is 1. The van der Waals surface area contributed by atoms with Crippen LogP contribution < -0.4 is 5.32 Å². The number of carbonyl (C=O) groups excluding carboxylic acids is 1. The molecule has 1 N–H and O–H groups in total. The van der Waals surface area contributed by atoms with Crippen LogP contribution >= 0.6 is 11.3 Å². The molecule has 0 aliphatic carbocycles. The highest BCUT2D eigenvalue weighted by Crippen LogP contribution is 2.18. The Hall–Kier alpha value is -1.93. The van der Waals surface area contributed by atoms with Crippen molar-refractivity contribution in [3.8, 4) is 0 Å². The number of thiazole rings is 1. The van der Waals surface area contributed by atoms with Gasteiger partial charge in [0.15, 0.2) is 5.13 Å². The number of amides is 1. The summed E-state index contributed by atoms with van der Waals surface area (Å²) in [6.07, 6.45) is -2.69. The molecule has 22 heavy (non-hydrogen) atoms. The van der Waals surface area contributed by atoms with Crippen LogP contribution in [0.5, 0.6) is 0 Å². The van der Waals surface area contributed by atoms with Gasteiger partial charge in [-0.25, -0.2) is 4.98 Å². The van der Waals surface area contributed by atoms with Crippen molar-refractivity contribution < 1.29 is 22.7 Å². The minimum Gasteiger partial charge on any atom is -0.367 e. The van der Waals surface area contributed by atoms with Gasteiger partial charge in [0.2, 0.25) is 0 Å². The van der Waals surface area contributed by atoms with E-state index < -0.39 is 12.8 Å². The Bertz CT molecular complexity index is 638. The maximum atomic E-state index is 12.0. The van der Waals surface area contributed by atoms with E-state index in [9.17, 15) is 18.0 Å². The molecule has 2 aromatic rings. The molecule has 0 spiro atoms. The zero-order valence-corrected chi connectivity index (χ0v) is 12.4. The van der Waals surface area contributed by atoms with Crippen LogP contribution in [0.2, 0.25) is 0 Å². The fourth-order valence-corrected chi connectivity index (χ4v) is 2.28. The molecule has 0 saturated heterocycles. The van der Waals surface area contributed by atoms with Crippen LogP contribution in [-0.4, -0.2) is 23.7 Å². The third-order valence-electron chi connectivity index (χ3n) is 2.59. The first-order valence-electron chi connectivity index (χ1n) is 6.31. The summed E-state index contributed by atoms with van der Waals surface area (Å²) >= 11 is 1.36. The van der Waals surface area contributed by atoms with E-state index in [0.29, 0.717) is 16.3 Å². The molecule has 1 heterocycles. The Labute approximate surface area is 128 Å². The average molecular weight is 330 g/mol. The van der Waals surface area contributed by atoms with Crippen LogP contribution in [0.15, 0.2) is 30.5 Å². The molecule has 2 rings (SSSR count). The Kier molecular flexibility index (Phi) is 5.15. The fraction of sp³-hybridized carbons (Fsp3) is 0.286. The number of alkyl halides is 3. The molecule has 4 nitrogen and oxygen atoms in total. The van der Waals surface area contributed by atoms with E-state index >= 15 is 0 Å². The van der Waals surface area contributed by atoms with Gasteiger partial charge in [0.1, 0.15) is 6.61 Å². The first-order chi connectivity index (χ1) is 10.3. The lowest BCUT2D eigenvalue weighted by Gasteiger charge is -2.08. The number of carbonyl (C=O) groups is 1. The van der Waals surface area contributed by atoms with Gasteiger partial charge in [-0.3, -0.25) is 10.1 Å². The van der Waals surface area contributed by atoms with Gasteiger partial charge >= 0.3 is 6.18 Å². The average Bonchev–Trinajstić information content (AvgIpc) is 2.83. The molecule has 0 aliphatic heterocycles. The predicted molar refractivity (Wildman–Crippen MR) is 77.0 cm³/mol. The van der Waals surface area contributed by atoms with E-state index in [1.807, 2.05) is 6.92 Å². The van der Waals surface area contributed by atoms with Gasteiger partial charge < -0.3 is 4.74 Å². The molecule has 1 amide bonds. The summed E-state index contributed by atoms with van der Waals surface area (Å²) in [5, 5.41) is 3.15. The minimum atomic E-state index is -4.34. The van der Waals surface area contributed by atoms with E-state index in [1.165, 1.54) is 23.5 Å². The van der Waals surface area contributed by atoms with Crippen LogP contribution in [0.4, 0.5) is 18.3 Å². The van der Waals surface area contributed by atoms with E-state index in [-0.39, 0.29) is 12.5 Å². The normalized spacial score (nSPS) is 11.5. The van der Waals surface area contributed by atoms with Crippen molar-refractivity contribution in [1.29, 1.82) is 0 Å². The van der Waals surface area contributed by atoms with Crippen molar-refractivity contribution in [3.05, 3.63) is 46.5 Å². The highest BCUT2D eigenvalue weighted by molar-refractivity contribution is 7.15. The number of ether oxygens (including phenoxy) is 1. The second kappa shape index (κ2) is 6.89. The van der Waals surface area contributed by atoms with E-state index in [4.69, 9.17) is 0 Å². The number of nitrogens with one attached hydrogen (secondary N) is 1. The Morgan fingerprint density at radius 2 is 2.00 bits per heavy atom. The van der Waals surface area contributed by atoms with Gasteiger partial charge in [-0.05, 0) is 24.6 Å². The van der Waals surface area contributed by atoms with Crippen molar-refractivity contribution in [1.82, 2.24) is 4.98 Å². The van der Waals surface area contributed by atoms with Crippen molar-refractivity contribution in [2.24, 2.45) is 0 Å². The van der Waals surface area contributed by atoms with Crippen LogP contribution in [0.25, 0.3) is 0 Å². The molecule has 0 unspecified atom stereocenters. The van der Waals surface area contributed by atoms with Gasteiger partial charge in [0.25, 0.3) is 5.91 Å². The molecule has 0 fully saturated rings. The number of anilines is 1. The quantitative estimate of drug-likeness (QED) is 0.907. The predicted octanol–water partition coefficient (Wildman–Crippen LogP) is 3.78. The van der Waals surface area contributed by atoms with Gasteiger partial charge in [-0.2, -0.15) is 13.2 Å². The van der Waals surface area contributed by atoms with Crippen molar-refractivity contribution in [2.45, 2.75) is 19.7 Å². The lowest BCUT2D eigenvalue weighted by molar-refractivity contribution is -0.176. The third kappa shape index (κ3) is 5.12. The number of halogens is 3. The summed E-state index contributed by atoms with van der Waals surface area (Å²) in [7, 11) is 0. The zero-order chi connectivity index (χ0) is 16.2. The van der Waals surface area contributed by atoms with Crippen molar-refractivity contribution in [2.75, 3.05) is 11.9 Å². The second-order valence-electron chi connectivity index (χ2n) is 4.54. The van der Waals surface area contributed by atoms with Crippen molar-refractivity contribution >= 4 is 22.4 Å². The van der Waals surface area contributed by atoms with Crippen LogP contribution in [0.1, 0.15) is 20.8 Å². The number of hydrogen-bond acceptors (Lipinski definition) is 4. The standard InChI is InChI=1S/C14H13F3N2O2S/c1-9-6-18-13(22-9)19-12(20)11-4-2-10(3-5-11)7-21-8-14(15,16)17/h2-6H,7-8H2,1H3,(H,18,19,20). The number of nitrogens with zero attached hydrogens (tertiary/aromatic N) is 1. The lowest BCUT2D eigenvalue weighted by atomic mass is 10.1. The molecule has 1 aromatic heterocycles. The number of rotatable bonds is 5. The van der Waals surface area contributed by atoms with Gasteiger partial charge in [0, 0.05) is 16.6 Å². The highest BCUT2D eigenvalue weighted by atomic mass is 32.1. The Balaban J connectivity index is 1.89. The SMILES string of the molecule is Cc1cnc(NC(=O)c2ccc(COCC(F)(F)F)cc2)s1. The third-order valence-corrected chi connectivity index (χ3v) is 3.42. The molecule has 0 bridgehead atoms.